The minimum Gasteiger partial charge on any atom is -0.478 e. The van der Waals surface area contributed by atoms with Gasteiger partial charge in [0.25, 0.3) is 5.56 Å². The van der Waals surface area contributed by atoms with Crippen LogP contribution in [-0.4, -0.2) is 15.6 Å². The van der Waals surface area contributed by atoms with Gasteiger partial charge in [0.05, 0.1) is 5.52 Å². The lowest BCUT2D eigenvalue weighted by Crippen LogP contribution is -2.24. The largest absolute Gasteiger partial charge is 0.478 e. The van der Waals surface area contributed by atoms with Crippen LogP contribution in [0.1, 0.15) is 25.0 Å². The molecule has 0 atom stereocenters. The van der Waals surface area contributed by atoms with Gasteiger partial charge in [0.2, 0.25) is 0 Å². The number of pyridine rings is 1. The average Bonchev–Trinajstić information content (AvgIpc) is 2.39. The van der Waals surface area contributed by atoms with Crippen LogP contribution in [0.3, 0.4) is 0 Å². The van der Waals surface area contributed by atoms with Crippen molar-refractivity contribution in [3.05, 3.63) is 51.8 Å². The minimum atomic E-state index is -1.06. The van der Waals surface area contributed by atoms with Crippen LogP contribution in [0.2, 0.25) is 0 Å². The summed E-state index contributed by atoms with van der Waals surface area (Å²) in [5.74, 6) is -0.736. The lowest BCUT2D eigenvalue weighted by Gasteiger charge is -2.14. The van der Waals surface area contributed by atoms with Crippen molar-refractivity contribution in [3.8, 4) is 0 Å². The normalized spacial score (nSPS) is 11.6. The Balaban J connectivity index is 2.73. The molecule has 2 aromatic rings. The van der Waals surface area contributed by atoms with Gasteiger partial charge >= 0.3 is 5.97 Å². The fourth-order valence-corrected chi connectivity index (χ4v) is 2.36. The van der Waals surface area contributed by atoms with Crippen LogP contribution in [0.4, 0.5) is 0 Å². The number of hydrogen-bond donors (Lipinski definition) is 1. The average molecular weight is 285 g/mol. The number of fused-ring (bicyclic) bond motifs is 1. The van der Waals surface area contributed by atoms with Crippen molar-refractivity contribution in [3.63, 3.8) is 0 Å². The van der Waals surface area contributed by atoms with E-state index in [0.717, 1.165) is 22.5 Å². The smallest absolute Gasteiger partial charge is 0.328 e. The maximum absolute atomic E-state index is 12.5. The molecule has 1 aromatic heterocycles. The lowest BCUT2D eigenvalue weighted by atomic mass is 10.1. The maximum atomic E-state index is 12.5. The van der Waals surface area contributed by atoms with Gasteiger partial charge in [-0.3, -0.25) is 4.79 Å². The Morgan fingerprint density at radius 3 is 2.67 bits per heavy atom. The summed E-state index contributed by atoms with van der Waals surface area (Å²) in [5.41, 5.74) is 2.23. The zero-order valence-corrected chi connectivity index (χ0v) is 12.5. The van der Waals surface area contributed by atoms with Gasteiger partial charge < -0.3 is 9.67 Å². The van der Waals surface area contributed by atoms with Crippen LogP contribution < -0.4 is 5.56 Å². The molecular weight excluding hydrogens is 266 g/mol. The van der Waals surface area contributed by atoms with Gasteiger partial charge in [-0.2, -0.15) is 0 Å². The van der Waals surface area contributed by atoms with Gasteiger partial charge in [-0.05, 0) is 42.5 Å². The number of carbonyl (C=O) groups is 1. The predicted molar refractivity (Wildman–Crippen MR) is 84.5 cm³/mol. The second kappa shape index (κ2) is 5.95. The first kappa shape index (κ1) is 15.0. The van der Waals surface area contributed by atoms with Crippen LogP contribution in [0.5, 0.6) is 0 Å². The van der Waals surface area contributed by atoms with Crippen LogP contribution in [0.25, 0.3) is 17.0 Å². The summed E-state index contributed by atoms with van der Waals surface area (Å²) >= 11 is 0. The van der Waals surface area contributed by atoms with Gasteiger partial charge in [0.1, 0.15) is 0 Å². The van der Waals surface area contributed by atoms with E-state index in [1.165, 1.54) is 6.08 Å². The van der Waals surface area contributed by atoms with E-state index in [1.54, 1.807) is 10.6 Å². The van der Waals surface area contributed by atoms with Crippen molar-refractivity contribution in [1.29, 1.82) is 0 Å². The molecular formula is C17H19NO3. The number of hydrogen-bond acceptors (Lipinski definition) is 2. The van der Waals surface area contributed by atoms with E-state index in [9.17, 15) is 9.59 Å². The van der Waals surface area contributed by atoms with E-state index >= 15 is 0 Å². The molecule has 0 radical (unpaired) electrons. The highest BCUT2D eigenvalue weighted by atomic mass is 16.4. The summed E-state index contributed by atoms with van der Waals surface area (Å²) < 4.78 is 1.72. The second-order valence-electron chi connectivity index (χ2n) is 5.64. The fourth-order valence-electron chi connectivity index (χ4n) is 2.36. The van der Waals surface area contributed by atoms with Crippen molar-refractivity contribution in [2.45, 2.75) is 27.3 Å². The molecule has 0 aliphatic carbocycles. The van der Waals surface area contributed by atoms with Gasteiger partial charge in [0.15, 0.2) is 0 Å². The Hall–Kier alpha value is -2.36. The number of aromatic nitrogens is 1. The Kier molecular flexibility index (Phi) is 4.26. The van der Waals surface area contributed by atoms with Gasteiger partial charge in [-0.25, -0.2) is 4.79 Å². The molecule has 0 spiro atoms. The molecule has 1 N–H and O–H groups in total. The third kappa shape index (κ3) is 3.40. The van der Waals surface area contributed by atoms with E-state index in [0.29, 0.717) is 18.0 Å². The zero-order chi connectivity index (χ0) is 15.6. The summed E-state index contributed by atoms with van der Waals surface area (Å²) in [4.78, 5) is 23.2. The quantitative estimate of drug-likeness (QED) is 0.878. The third-order valence-electron chi connectivity index (χ3n) is 3.23. The molecule has 0 fully saturated rings. The summed E-state index contributed by atoms with van der Waals surface area (Å²) in [6.07, 6.45) is 2.36. The standard InChI is InChI=1S/C17H19NO3/c1-11(2)10-18-15-6-4-12(3)8-14(15)9-13(17(18)21)5-7-16(19)20/h4-9,11H,10H2,1-3H3,(H,19,20)/b7-5+. The molecule has 0 saturated heterocycles. The number of aryl methyl sites for hydroxylation is 1. The van der Waals surface area contributed by atoms with Crippen molar-refractivity contribution in [2.24, 2.45) is 5.92 Å². The highest BCUT2D eigenvalue weighted by molar-refractivity contribution is 5.87. The number of carboxylic acid groups (broad SMARTS) is 1. The SMILES string of the molecule is Cc1ccc2c(c1)cc(/C=C/C(=O)O)c(=O)n2CC(C)C. The predicted octanol–water partition coefficient (Wildman–Crippen LogP) is 3.06. The van der Waals surface area contributed by atoms with Crippen LogP contribution in [-0.2, 0) is 11.3 Å². The fraction of sp³-hybridized carbons (Fsp3) is 0.294. The van der Waals surface area contributed by atoms with Crippen molar-refractivity contribution >= 4 is 22.9 Å². The molecule has 0 bridgehead atoms. The van der Waals surface area contributed by atoms with E-state index in [2.05, 4.69) is 0 Å². The van der Waals surface area contributed by atoms with E-state index in [1.807, 2.05) is 39.0 Å². The number of rotatable bonds is 4. The highest BCUT2D eigenvalue weighted by Crippen LogP contribution is 2.17. The summed E-state index contributed by atoms with van der Waals surface area (Å²) in [6.45, 7) is 6.69. The first-order valence-corrected chi connectivity index (χ1v) is 6.93. The molecule has 21 heavy (non-hydrogen) atoms. The molecule has 4 heteroatoms. The van der Waals surface area contributed by atoms with Crippen molar-refractivity contribution < 1.29 is 9.90 Å². The summed E-state index contributed by atoms with van der Waals surface area (Å²) in [6, 6.07) is 7.68. The van der Waals surface area contributed by atoms with Crippen molar-refractivity contribution in [2.75, 3.05) is 0 Å². The Labute approximate surface area is 123 Å². The Morgan fingerprint density at radius 2 is 2.05 bits per heavy atom. The van der Waals surface area contributed by atoms with Crippen LogP contribution in [0, 0.1) is 12.8 Å². The molecule has 0 aliphatic heterocycles. The molecule has 4 nitrogen and oxygen atoms in total. The molecule has 0 saturated carbocycles. The zero-order valence-electron chi connectivity index (χ0n) is 12.5. The van der Waals surface area contributed by atoms with Gasteiger partial charge in [-0.1, -0.05) is 25.5 Å². The first-order valence-electron chi connectivity index (χ1n) is 6.93. The van der Waals surface area contributed by atoms with E-state index < -0.39 is 5.97 Å². The maximum Gasteiger partial charge on any atom is 0.328 e. The van der Waals surface area contributed by atoms with E-state index in [-0.39, 0.29) is 5.56 Å². The van der Waals surface area contributed by atoms with Crippen molar-refractivity contribution in [1.82, 2.24) is 4.57 Å². The molecule has 0 aliphatic rings. The highest BCUT2D eigenvalue weighted by Gasteiger charge is 2.09. The summed E-state index contributed by atoms with van der Waals surface area (Å²) in [5, 5.41) is 9.69. The monoisotopic (exact) mass is 285 g/mol. The van der Waals surface area contributed by atoms with Crippen LogP contribution in [0.15, 0.2) is 35.1 Å². The molecule has 110 valence electrons. The topological polar surface area (TPSA) is 59.3 Å². The molecule has 1 heterocycles. The van der Waals surface area contributed by atoms with Gasteiger partial charge in [-0.15, -0.1) is 0 Å². The number of aliphatic carboxylic acids is 1. The van der Waals surface area contributed by atoms with Crippen LogP contribution >= 0.6 is 0 Å². The summed E-state index contributed by atoms with van der Waals surface area (Å²) in [7, 11) is 0. The number of carboxylic acids is 1. The minimum absolute atomic E-state index is 0.155. The second-order valence-corrected chi connectivity index (χ2v) is 5.64. The Bertz CT molecular complexity index is 769. The number of benzene rings is 1. The lowest BCUT2D eigenvalue weighted by molar-refractivity contribution is -0.131. The van der Waals surface area contributed by atoms with E-state index in [4.69, 9.17) is 5.11 Å². The molecule has 1 aromatic carbocycles. The van der Waals surface area contributed by atoms with Gasteiger partial charge in [0, 0.05) is 18.2 Å². The molecule has 2 rings (SSSR count). The Morgan fingerprint density at radius 1 is 1.33 bits per heavy atom. The molecule has 0 unspecified atom stereocenters. The first-order chi connectivity index (χ1) is 9.88. The number of nitrogens with zero attached hydrogens (tertiary/aromatic N) is 1. The third-order valence-corrected chi connectivity index (χ3v) is 3.23. The molecule has 0 amide bonds.